The van der Waals surface area contributed by atoms with E-state index in [0.717, 1.165) is 0 Å². The van der Waals surface area contributed by atoms with E-state index in [1.807, 2.05) is 0 Å². The molecule has 0 heterocycles. The van der Waals surface area contributed by atoms with Crippen LogP contribution in [0.4, 0.5) is 0 Å². The molecule has 0 bridgehead atoms. The predicted octanol–water partition coefficient (Wildman–Crippen LogP) is 3.80. The number of aliphatic carboxylic acids is 2. The third-order valence-electron chi connectivity index (χ3n) is 4.01. The molecule has 0 unspecified atom stereocenters. The van der Waals surface area contributed by atoms with Gasteiger partial charge in [-0.15, -0.1) is 24.8 Å². The molecule has 132 valence electrons. The molecule has 0 amide bonds. The van der Waals surface area contributed by atoms with Crippen LogP contribution in [0, 0.1) is 38.5 Å². The fraction of sp³-hybridized carbons (Fsp3) is 0.400. The molecule has 0 saturated carbocycles. The zero-order valence-electron chi connectivity index (χ0n) is 14.6. The molecule has 0 aromatic heterocycles. The molecule has 0 atom stereocenters. The summed E-state index contributed by atoms with van der Waals surface area (Å²) in [5.74, 6) is 0.454. The van der Waals surface area contributed by atoms with E-state index in [-0.39, 0.29) is 29.1 Å². The number of carbonyl (C=O) groups is 2. The Bertz CT molecular complexity index is 561. The molecule has 3 rings (SSSR count). The predicted molar refractivity (Wildman–Crippen MR) is 94.6 cm³/mol. The normalized spacial score (nSPS) is 16.2. The zero-order chi connectivity index (χ0) is 17.2. The van der Waals surface area contributed by atoms with E-state index in [0.29, 0.717) is 0 Å². The molecule has 0 aromatic rings. The number of carboxylic acids is 2. The summed E-state index contributed by atoms with van der Waals surface area (Å²) < 4.78 is 0. The van der Waals surface area contributed by atoms with E-state index >= 15 is 0 Å². The van der Waals surface area contributed by atoms with Crippen LogP contribution in [0.2, 0.25) is 0 Å². The van der Waals surface area contributed by atoms with Gasteiger partial charge in [0.15, 0.2) is 0 Å². The van der Waals surface area contributed by atoms with E-state index in [2.05, 4.69) is 19.3 Å². The van der Waals surface area contributed by atoms with Crippen LogP contribution in [0.5, 0.6) is 0 Å². The van der Waals surface area contributed by atoms with E-state index in [1.165, 1.54) is 63.2 Å². The van der Waals surface area contributed by atoms with Crippen LogP contribution in [0.3, 0.4) is 0 Å². The van der Waals surface area contributed by atoms with Gasteiger partial charge in [0.1, 0.15) is 0 Å². The van der Waals surface area contributed by atoms with Gasteiger partial charge in [0.05, 0.1) is 0 Å². The molecule has 3 aliphatic rings. The van der Waals surface area contributed by atoms with Crippen molar-refractivity contribution in [1.82, 2.24) is 0 Å². The average Bonchev–Trinajstić information content (AvgIpc) is 2.94. The summed E-state index contributed by atoms with van der Waals surface area (Å²) in [6.45, 7) is 0. The van der Waals surface area contributed by atoms with Crippen molar-refractivity contribution < 1.29 is 41.5 Å². The largest absolute Gasteiger partial charge is 2.00 e. The average molecular weight is 376 g/mol. The molecule has 0 fully saturated rings. The Kier molecular flexibility index (Phi) is 13.6. The van der Waals surface area contributed by atoms with Crippen molar-refractivity contribution in [3.63, 3.8) is 0 Å². The van der Waals surface area contributed by atoms with Gasteiger partial charge in [-0.3, -0.25) is 0 Å². The summed E-state index contributed by atoms with van der Waals surface area (Å²) in [5, 5.41) is 15.0. The number of hydrogen-bond acceptors (Lipinski definition) is 2. The minimum absolute atomic E-state index is 0. The van der Waals surface area contributed by atoms with Crippen LogP contribution >= 0.6 is 0 Å². The molecule has 0 spiro atoms. The van der Waals surface area contributed by atoms with Gasteiger partial charge in [0.25, 0.3) is 0 Å². The quantitative estimate of drug-likeness (QED) is 0.383. The number of carboxylic acid groups (broad SMARTS) is 2. The molecule has 25 heavy (non-hydrogen) atoms. The second-order valence-corrected chi connectivity index (χ2v) is 5.47. The number of fused-ring (bicyclic) bond motifs is 1. The van der Waals surface area contributed by atoms with Crippen molar-refractivity contribution in [3.05, 3.63) is 36.1 Å². The van der Waals surface area contributed by atoms with Gasteiger partial charge in [0, 0.05) is 11.8 Å². The van der Waals surface area contributed by atoms with Gasteiger partial charge in [0.2, 0.25) is 0 Å². The second-order valence-electron chi connectivity index (χ2n) is 5.47. The molecular weight excluding hydrogens is 352 g/mol. The maximum atomic E-state index is 9.13. The van der Waals surface area contributed by atoms with Crippen molar-refractivity contribution in [2.24, 2.45) is 0 Å². The third-order valence-corrected chi connectivity index (χ3v) is 4.01. The fourth-order valence-corrected chi connectivity index (χ4v) is 3.12. The van der Waals surface area contributed by atoms with E-state index in [1.54, 1.807) is 22.3 Å². The summed E-state index contributed by atoms with van der Waals surface area (Å²) in [7, 11) is 0. The second kappa shape index (κ2) is 13.4. The Hall–Kier alpha value is -1.88. The van der Waals surface area contributed by atoms with Crippen LogP contribution in [-0.2, 0) is 31.3 Å². The van der Waals surface area contributed by atoms with Crippen molar-refractivity contribution in [2.75, 3.05) is 0 Å². The molecule has 3 aliphatic carbocycles. The summed E-state index contributed by atoms with van der Waals surface area (Å²) >= 11 is 0. The SMILES string of the molecule is C#CC(=O)O.C#CC(=O)O.[CH-]1CCCC2=C1CC1=C2CCCC1.[CH3-].[Ti+2]. The molecule has 4 nitrogen and oxygen atoms in total. The Morgan fingerprint density at radius 2 is 1.40 bits per heavy atom. The summed E-state index contributed by atoms with van der Waals surface area (Å²) in [4.78, 5) is 18.3. The van der Waals surface area contributed by atoms with Crippen LogP contribution < -0.4 is 0 Å². The third kappa shape index (κ3) is 8.68. The van der Waals surface area contributed by atoms with Crippen LogP contribution in [-0.4, -0.2) is 22.2 Å². The Morgan fingerprint density at radius 1 is 0.920 bits per heavy atom. The van der Waals surface area contributed by atoms with E-state index < -0.39 is 11.9 Å². The zero-order valence-corrected chi connectivity index (χ0v) is 16.2. The first-order valence-corrected chi connectivity index (χ1v) is 7.65. The molecule has 0 radical (unpaired) electrons. The minimum atomic E-state index is -1.22. The van der Waals surface area contributed by atoms with Gasteiger partial charge in [-0.25, -0.2) is 21.6 Å². The van der Waals surface area contributed by atoms with Crippen LogP contribution in [0.1, 0.15) is 51.4 Å². The van der Waals surface area contributed by atoms with E-state index in [4.69, 9.17) is 19.8 Å². The Labute approximate surface area is 165 Å². The van der Waals surface area contributed by atoms with Gasteiger partial charge in [-0.2, -0.15) is 5.57 Å². The topological polar surface area (TPSA) is 74.6 Å². The van der Waals surface area contributed by atoms with E-state index in [9.17, 15) is 0 Å². The van der Waals surface area contributed by atoms with Crippen LogP contribution in [0.15, 0.2) is 22.3 Å². The fourth-order valence-electron chi connectivity index (χ4n) is 3.12. The summed E-state index contributed by atoms with van der Waals surface area (Å²) in [6, 6.07) is 0. The summed E-state index contributed by atoms with van der Waals surface area (Å²) in [5.41, 5.74) is 7.06. The number of terminal acetylenes is 2. The van der Waals surface area contributed by atoms with Crippen LogP contribution in [0.25, 0.3) is 0 Å². The summed E-state index contributed by atoms with van der Waals surface area (Å²) in [6.07, 6.45) is 22.2. The van der Waals surface area contributed by atoms with Gasteiger partial charge in [-0.1, -0.05) is 24.8 Å². The number of rotatable bonds is 0. The maximum absolute atomic E-state index is 9.13. The first kappa shape index (κ1) is 25.4. The molecule has 0 saturated heterocycles. The van der Waals surface area contributed by atoms with Crippen molar-refractivity contribution in [3.8, 4) is 24.7 Å². The number of hydrogen-bond donors (Lipinski definition) is 2. The van der Waals surface area contributed by atoms with Crippen molar-refractivity contribution in [1.29, 1.82) is 0 Å². The monoisotopic (exact) mass is 376 g/mol. The number of allylic oxidation sites excluding steroid dienone is 4. The molecule has 0 aliphatic heterocycles. The van der Waals surface area contributed by atoms with Gasteiger partial charge < -0.3 is 17.6 Å². The van der Waals surface area contributed by atoms with Gasteiger partial charge >= 0.3 is 33.7 Å². The molecular formula is C20H24O4Ti. The molecule has 0 aromatic carbocycles. The Balaban J connectivity index is 0. The van der Waals surface area contributed by atoms with Gasteiger partial charge in [-0.05, 0) is 25.7 Å². The Morgan fingerprint density at radius 3 is 1.92 bits per heavy atom. The maximum Gasteiger partial charge on any atom is 2.00 e. The molecule has 5 heteroatoms. The minimum Gasteiger partial charge on any atom is -0.472 e. The van der Waals surface area contributed by atoms with Crippen molar-refractivity contribution >= 4 is 11.9 Å². The smallest absolute Gasteiger partial charge is 0.472 e. The van der Waals surface area contributed by atoms with Crippen molar-refractivity contribution in [2.45, 2.75) is 51.4 Å². The first-order chi connectivity index (χ1) is 11.0. The standard InChI is InChI=1S/C13H17.2C3H2O2.CH3.Ti/c1-3-7-12-10(5-1)9-11-6-2-4-8-13(11)12;2*1-2-3(4)5;;/h5H,1-4,6-9H2;2*1H,(H,4,5);1H3;/q-1;;;-1;+2. The molecule has 2 N–H and O–H groups in total. The first-order valence-electron chi connectivity index (χ1n) is 7.65.